The van der Waals surface area contributed by atoms with Crippen LogP contribution in [0.1, 0.15) is 26.7 Å². The second-order valence-corrected chi connectivity index (χ2v) is 3.07. The first-order valence-electron chi connectivity index (χ1n) is 3.60. The highest BCUT2D eigenvalue weighted by Gasteiger charge is 1.87. The zero-order valence-electron chi connectivity index (χ0n) is 6.93. The van der Waals surface area contributed by atoms with Crippen molar-refractivity contribution < 1.29 is 4.79 Å². The van der Waals surface area contributed by atoms with Crippen molar-refractivity contribution in [2.24, 2.45) is 0 Å². The van der Waals surface area contributed by atoms with Crippen LogP contribution in [-0.4, -0.2) is 6.29 Å². The molecule has 2 heteroatoms. The molecule has 0 aromatic heterocycles. The number of halogens is 1. The molecule has 0 aliphatic carbocycles. The second kappa shape index (κ2) is 6.17. The Morgan fingerprint density at radius 2 is 2.09 bits per heavy atom. The van der Waals surface area contributed by atoms with Crippen LogP contribution in [0.3, 0.4) is 0 Å². The third-order valence-electron chi connectivity index (χ3n) is 1.32. The number of carbonyl (C=O) groups is 1. The van der Waals surface area contributed by atoms with E-state index in [-0.39, 0.29) is 0 Å². The Labute approximate surface area is 72.7 Å². The van der Waals surface area contributed by atoms with Gasteiger partial charge in [0.25, 0.3) is 0 Å². The quantitative estimate of drug-likeness (QED) is 0.471. The van der Waals surface area contributed by atoms with E-state index in [4.69, 9.17) is 11.6 Å². The average molecular weight is 173 g/mol. The third-order valence-corrected chi connectivity index (χ3v) is 1.47. The lowest BCUT2D eigenvalue weighted by Gasteiger charge is -1.94. The van der Waals surface area contributed by atoms with E-state index in [2.05, 4.69) is 0 Å². The van der Waals surface area contributed by atoms with E-state index in [0.717, 1.165) is 29.7 Å². The van der Waals surface area contributed by atoms with Gasteiger partial charge in [0.15, 0.2) is 0 Å². The number of allylic oxidation sites excluding steroid dienone is 4. The normalized spacial score (nSPS) is 13.4. The minimum absolute atomic E-state index is 0.809. The largest absolute Gasteiger partial charge is 0.299 e. The van der Waals surface area contributed by atoms with Crippen molar-refractivity contribution in [3.8, 4) is 0 Å². The van der Waals surface area contributed by atoms with E-state index in [1.165, 1.54) is 0 Å². The summed E-state index contributed by atoms with van der Waals surface area (Å²) < 4.78 is 0. The van der Waals surface area contributed by atoms with Crippen LogP contribution in [0.15, 0.2) is 22.8 Å². The molecule has 0 spiro atoms. The first-order chi connectivity index (χ1) is 5.16. The SMILES string of the molecule is C/C(Cl)=C\CC/C(C)=C/C=O. The predicted octanol–water partition coefficient (Wildman–Crippen LogP) is 3.05. The highest BCUT2D eigenvalue weighted by molar-refractivity contribution is 6.29. The summed E-state index contributed by atoms with van der Waals surface area (Å²) in [5.74, 6) is 0. The Balaban J connectivity index is 3.63. The van der Waals surface area contributed by atoms with Crippen LogP contribution in [0.2, 0.25) is 0 Å². The maximum Gasteiger partial charge on any atom is 0.142 e. The smallest absolute Gasteiger partial charge is 0.142 e. The molecule has 0 unspecified atom stereocenters. The van der Waals surface area contributed by atoms with Crippen molar-refractivity contribution in [3.05, 3.63) is 22.8 Å². The minimum atomic E-state index is 0.809. The lowest BCUT2D eigenvalue weighted by molar-refractivity contribution is -0.104. The lowest BCUT2D eigenvalue weighted by atomic mass is 10.1. The van der Waals surface area contributed by atoms with Gasteiger partial charge in [0.1, 0.15) is 6.29 Å². The molecule has 0 radical (unpaired) electrons. The molecule has 0 bridgehead atoms. The fourth-order valence-electron chi connectivity index (χ4n) is 0.698. The molecular formula is C9H13ClO. The number of rotatable bonds is 4. The van der Waals surface area contributed by atoms with Gasteiger partial charge >= 0.3 is 0 Å². The van der Waals surface area contributed by atoms with Crippen LogP contribution >= 0.6 is 11.6 Å². The molecule has 0 heterocycles. The molecule has 0 aliphatic heterocycles. The van der Waals surface area contributed by atoms with Gasteiger partial charge in [-0.2, -0.15) is 0 Å². The fourth-order valence-corrected chi connectivity index (χ4v) is 0.807. The fraction of sp³-hybridized carbons (Fsp3) is 0.444. The molecule has 0 N–H and O–H groups in total. The van der Waals surface area contributed by atoms with Crippen molar-refractivity contribution >= 4 is 17.9 Å². The Hall–Kier alpha value is -0.560. The van der Waals surface area contributed by atoms with Gasteiger partial charge in [-0.25, -0.2) is 0 Å². The summed E-state index contributed by atoms with van der Waals surface area (Å²) in [4.78, 5) is 9.99. The maximum absolute atomic E-state index is 9.99. The van der Waals surface area contributed by atoms with Gasteiger partial charge in [0.05, 0.1) is 0 Å². The number of aldehydes is 1. The minimum Gasteiger partial charge on any atom is -0.299 e. The first-order valence-corrected chi connectivity index (χ1v) is 3.98. The molecule has 0 rings (SSSR count). The summed E-state index contributed by atoms with van der Waals surface area (Å²) in [5.41, 5.74) is 1.09. The molecule has 0 saturated heterocycles. The zero-order valence-corrected chi connectivity index (χ0v) is 7.69. The predicted molar refractivity (Wildman–Crippen MR) is 48.7 cm³/mol. The Morgan fingerprint density at radius 3 is 2.55 bits per heavy atom. The molecule has 11 heavy (non-hydrogen) atoms. The van der Waals surface area contributed by atoms with E-state index < -0.39 is 0 Å². The maximum atomic E-state index is 9.99. The molecule has 62 valence electrons. The summed E-state index contributed by atoms with van der Waals surface area (Å²) in [5, 5.41) is 0.809. The summed E-state index contributed by atoms with van der Waals surface area (Å²) >= 11 is 5.61. The Kier molecular flexibility index (Phi) is 5.86. The lowest BCUT2D eigenvalue weighted by Crippen LogP contribution is -1.76. The third kappa shape index (κ3) is 7.34. The van der Waals surface area contributed by atoms with Gasteiger partial charge in [-0.1, -0.05) is 23.3 Å². The summed E-state index contributed by atoms with van der Waals surface area (Å²) in [6.07, 6.45) is 6.15. The van der Waals surface area contributed by atoms with Crippen LogP contribution < -0.4 is 0 Å². The molecule has 0 aromatic rings. The van der Waals surface area contributed by atoms with Gasteiger partial charge in [0.2, 0.25) is 0 Å². The molecule has 0 aliphatic rings. The zero-order chi connectivity index (χ0) is 8.69. The Bertz CT molecular complexity index is 176. The molecule has 0 aromatic carbocycles. The van der Waals surface area contributed by atoms with Gasteiger partial charge in [-0.05, 0) is 32.8 Å². The van der Waals surface area contributed by atoms with E-state index >= 15 is 0 Å². The highest BCUT2D eigenvalue weighted by atomic mass is 35.5. The van der Waals surface area contributed by atoms with Crippen LogP contribution in [0, 0.1) is 0 Å². The number of hydrogen-bond donors (Lipinski definition) is 0. The van der Waals surface area contributed by atoms with Crippen LogP contribution in [-0.2, 0) is 4.79 Å². The standard InChI is InChI=1S/C9H13ClO/c1-8(6-7-11)4-3-5-9(2)10/h5-7H,3-4H2,1-2H3/b8-6+,9-5+. The first kappa shape index (κ1) is 10.4. The van der Waals surface area contributed by atoms with Crippen LogP contribution in [0.5, 0.6) is 0 Å². The van der Waals surface area contributed by atoms with E-state index in [9.17, 15) is 4.79 Å². The second-order valence-electron chi connectivity index (χ2n) is 2.48. The summed E-state index contributed by atoms with van der Waals surface area (Å²) in [6.45, 7) is 3.78. The van der Waals surface area contributed by atoms with Crippen LogP contribution in [0.4, 0.5) is 0 Å². The average Bonchev–Trinajstić information content (AvgIpc) is 1.87. The van der Waals surface area contributed by atoms with Crippen molar-refractivity contribution in [3.63, 3.8) is 0 Å². The summed E-state index contributed by atoms with van der Waals surface area (Å²) in [7, 11) is 0. The van der Waals surface area contributed by atoms with Gasteiger partial charge < -0.3 is 0 Å². The van der Waals surface area contributed by atoms with Crippen molar-refractivity contribution in [2.45, 2.75) is 26.7 Å². The number of carbonyl (C=O) groups excluding carboxylic acids is 1. The van der Waals surface area contributed by atoms with Gasteiger partial charge in [0, 0.05) is 5.03 Å². The highest BCUT2D eigenvalue weighted by Crippen LogP contribution is 2.07. The summed E-state index contributed by atoms with van der Waals surface area (Å²) in [6, 6.07) is 0. The molecule has 0 saturated carbocycles. The van der Waals surface area contributed by atoms with Gasteiger partial charge in [-0.15, -0.1) is 0 Å². The van der Waals surface area contributed by atoms with Crippen molar-refractivity contribution in [1.29, 1.82) is 0 Å². The van der Waals surface area contributed by atoms with E-state index in [1.807, 2.05) is 19.9 Å². The van der Waals surface area contributed by atoms with E-state index in [1.54, 1.807) is 6.08 Å². The van der Waals surface area contributed by atoms with E-state index in [0.29, 0.717) is 0 Å². The van der Waals surface area contributed by atoms with Crippen LogP contribution in [0.25, 0.3) is 0 Å². The molecular weight excluding hydrogens is 160 g/mol. The Morgan fingerprint density at radius 1 is 1.45 bits per heavy atom. The molecule has 1 nitrogen and oxygen atoms in total. The van der Waals surface area contributed by atoms with Crippen molar-refractivity contribution in [1.82, 2.24) is 0 Å². The molecule has 0 amide bonds. The monoisotopic (exact) mass is 172 g/mol. The molecule has 0 fully saturated rings. The number of hydrogen-bond acceptors (Lipinski definition) is 1. The van der Waals surface area contributed by atoms with Crippen molar-refractivity contribution in [2.75, 3.05) is 0 Å². The van der Waals surface area contributed by atoms with Gasteiger partial charge in [-0.3, -0.25) is 4.79 Å². The molecule has 0 atom stereocenters. The topological polar surface area (TPSA) is 17.1 Å².